The van der Waals surface area contributed by atoms with Crippen molar-refractivity contribution in [2.24, 2.45) is 28.6 Å². The van der Waals surface area contributed by atoms with Gasteiger partial charge in [0.1, 0.15) is 0 Å². The Hall–Kier alpha value is -1.82. The summed E-state index contributed by atoms with van der Waals surface area (Å²) in [5, 5.41) is 0. The van der Waals surface area contributed by atoms with Crippen LogP contribution in [0.4, 0.5) is 0 Å². The first-order chi connectivity index (χ1) is 11.4. The van der Waals surface area contributed by atoms with Crippen molar-refractivity contribution in [3.05, 3.63) is 77.9 Å². The van der Waals surface area contributed by atoms with Crippen molar-refractivity contribution in [3.63, 3.8) is 0 Å². The van der Waals surface area contributed by atoms with Gasteiger partial charge in [0.15, 0.2) is 0 Å². The molecule has 122 valence electrons. The second kappa shape index (κ2) is 4.23. The Morgan fingerprint density at radius 1 is 0.750 bits per heavy atom. The molecule has 3 aliphatic rings. The van der Waals surface area contributed by atoms with Crippen molar-refractivity contribution in [1.29, 1.82) is 0 Å². The summed E-state index contributed by atoms with van der Waals surface area (Å²) in [7, 11) is 0. The number of benzene rings is 2. The van der Waals surface area contributed by atoms with Crippen LogP contribution in [0.25, 0.3) is 5.57 Å². The van der Waals surface area contributed by atoms with Gasteiger partial charge < -0.3 is 0 Å². The molecule has 0 radical (unpaired) electrons. The molecule has 2 aromatic carbocycles. The van der Waals surface area contributed by atoms with Gasteiger partial charge in [0.2, 0.25) is 0 Å². The van der Waals surface area contributed by atoms with Crippen LogP contribution in [0, 0.1) is 28.6 Å². The molecule has 2 fully saturated rings. The third kappa shape index (κ3) is 1.47. The summed E-state index contributed by atoms with van der Waals surface area (Å²) in [5.41, 5.74) is 5.67. The van der Waals surface area contributed by atoms with E-state index in [1.807, 2.05) is 0 Å². The van der Waals surface area contributed by atoms with Crippen LogP contribution >= 0.6 is 0 Å². The third-order valence-corrected chi connectivity index (χ3v) is 7.61. The van der Waals surface area contributed by atoms with Crippen molar-refractivity contribution in [2.45, 2.75) is 33.1 Å². The van der Waals surface area contributed by atoms with Crippen molar-refractivity contribution in [1.82, 2.24) is 0 Å². The maximum atomic E-state index is 2.64. The lowest BCUT2D eigenvalue weighted by Gasteiger charge is -2.25. The van der Waals surface area contributed by atoms with Gasteiger partial charge in [-0.15, -0.1) is 0 Å². The van der Waals surface area contributed by atoms with E-state index < -0.39 is 0 Å². The first-order valence-electron chi connectivity index (χ1n) is 9.26. The Bertz CT molecular complexity index is 825. The summed E-state index contributed by atoms with van der Waals surface area (Å²) < 4.78 is 0. The Kier molecular flexibility index (Phi) is 2.56. The zero-order valence-electron chi connectivity index (χ0n) is 15.1. The van der Waals surface area contributed by atoms with Gasteiger partial charge in [-0.2, -0.15) is 0 Å². The molecular weight excluding hydrogens is 288 g/mol. The standard InChI is InChI=1S/C24H26/c1-22(2)20-18(16-11-7-5-8-12-16)15-19-23(3,4)24(19,21(20)22)17-13-9-6-10-14-17/h5-15,19-21H,1-4H3/t19-,20-,21+,24+/m1/s1. The fourth-order valence-electron chi connectivity index (χ4n) is 6.47. The predicted molar refractivity (Wildman–Crippen MR) is 101 cm³/mol. The third-order valence-electron chi connectivity index (χ3n) is 7.61. The Labute approximate surface area is 145 Å². The molecule has 5 rings (SSSR count). The first kappa shape index (κ1) is 14.5. The van der Waals surface area contributed by atoms with E-state index >= 15 is 0 Å². The topological polar surface area (TPSA) is 0 Å². The van der Waals surface area contributed by atoms with Crippen LogP contribution in [0.15, 0.2) is 66.7 Å². The van der Waals surface area contributed by atoms with Crippen LogP contribution in [0.3, 0.4) is 0 Å². The van der Waals surface area contributed by atoms with E-state index in [1.165, 1.54) is 5.56 Å². The highest BCUT2D eigenvalue weighted by molar-refractivity contribution is 5.77. The molecule has 4 atom stereocenters. The second-order valence-corrected chi connectivity index (χ2v) is 9.20. The summed E-state index contributed by atoms with van der Waals surface area (Å²) in [5.74, 6) is 2.11. The van der Waals surface area contributed by atoms with Gasteiger partial charge in [-0.1, -0.05) is 94.4 Å². The zero-order chi connectivity index (χ0) is 16.7. The lowest BCUT2D eigenvalue weighted by molar-refractivity contribution is 0.388. The molecule has 0 heteroatoms. The summed E-state index contributed by atoms with van der Waals surface area (Å²) in [4.78, 5) is 0. The van der Waals surface area contributed by atoms with Crippen molar-refractivity contribution in [2.75, 3.05) is 0 Å². The summed E-state index contributed by atoms with van der Waals surface area (Å²) in [6, 6.07) is 22.4. The van der Waals surface area contributed by atoms with Crippen LogP contribution in [-0.4, -0.2) is 0 Å². The quantitative estimate of drug-likeness (QED) is 0.642. The Morgan fingerprint density at radius 2 is 1.33 bits per heavy atom. The molecule has 2 aromatic rings. The van der Waals surface area contributed by atoms with Crippen LogP contribution in [0.1, 0.15) is 38.8 Å². The molecule has 0 aromatic heterocycles. The number of hydrogen-bond acceptors (Lipinski definition) is 0. The Balaban J connectivity index is 1.70. The van der Waals surface area contributed by atoms with E-state index in [4.69, 9.17) is 0 Å². The second-order valence-electron chi connectivity index (χ2n) is 9.20. The molecular formula is C24H26. The van der Waals surface area contributed by atoms with Crippen LogP contribution in [0.2, 0.25) is 0 Å². The fourth-order valence-corrected chi connectivity index (χ4v) is 6.47. The Morgan fingerprint density at radius 3 is 1.96 bits per heavy atom. The van der Waals surface area contributed by atoms with Gasteiger partial charge in [0.05, 0.1) is 0 Å². The van der Waals surface area contributed by atoms with Gasteiger partial charge in [0.25, 0.3) is 0 Å². The minimum absolute atomic E-state index is 0.334. The van der Waals surface area contributed by atoms with E-state index in [9.17, 15) is 0 Å². The van der Waals surface area contributed by atoms with Gasteiger partial charge in [-0.25, -0.2) is 0 Å². The van der Waals surface area contributed by atoms with Gasteiger partial charge in [-0.05, 0) is 45.3 Å². The van der Waals surface area contributed by atoms with E-state index in [-0.39, 0.29) is 0 Å². The molecule has 0 spiro atoms. The highest BCUT2D eigenvalue weighted by Gasteiger charge is 2.84. The zero-order valence-corrected chi connectivity index (χ0v) is 15.1. The summed E-state index contributed by atoms with van der Waals surface area (Å²) in [6.45, 7) is 9.95. The highest BCUT2D eigenvalue weighted by atomic mass is 14.9. The van der Waals surface area contributed by atoms with Gasteiger partial charge in [-0.3, -0.25) is 0 Å². The lowest BCUT2D eigenvalue weighted by Crippen LogP contribution is -2.22. The predicted octanol–water partition coefficient (Wildman–Crippen LogP) is 5.95. The van der Waals surface area contributed by atoms with Crippen LogP contribution in [-0.2, 0) is 5.41 Å². The molecule has 0 nitrogen and oxygen atoms in total. The molecule has 3 aliphatic carbocycles. The average molecular weight is 314 g/mol. The molecule has 0 N–H and O–H groups in total. The van der Waals surface area contributed by atoms with Crippen LogP contribution < -0.4 is 0 Å². The first-order valence-corrected chi connectivity index (χ1v) is 9.26. The summed E-state index contributed by atoms with van der Waals surface area (Å²) >= 11 is 0. The number of allylic oxidation sites excluding steroid dienone is 2. The molecule has 24 heavy (non-hydrogen) atoms. The molecule has 0 heterocycles. The maximum absolute atomic E-state index is 2.64. The number of fused-ring (bicyclic) bond motifs is 3. The summed E-state index contributed by atoms with van der Waals surface area (Å²) in [6.07, 6.45) is 2.64. The van der Waals surface area contributed by atoms with E-state index in [0.29, 0.717) is 28.1 Å². The minimum Gasteiger partial charge on any atom is -0.0758 e. The molecule has 0 aliphatic heterocycles. The normalized spacial score (nSPS) is 37.0. The van der Waals surface area contributed by atoms with Crippen LogP contribution in [0.5, 0.6) is 0 Å². The highest BCUT2D eigenvalue weighted by Crippen LogP contribution is 2.87. The number of hydrogen-bond donors (Lipinski definition) is 0. The molecule has 2 saturated carbocycles. The fraction of sp³-hybridized carbons (Fsp3) is 0.417. The largest absolute Gasteiger partial charge is 0.0758 e. The molecule has 0 saturated heterocycles. The lowest BCUT2D eigenvalue weighted by atomic mass is 9.78. The van der Waals surface area contributed by atoms with E-state index in [2.05, 4.69) is 94.4 Å². The van der Waals surface area contributed by atoms with Gasteiger partial charge >= 0.3 is 0 Å². The smallest absolute Gasteiger partial charge is 0.0118 e. The van der Waals surface area contributed by atoms with Crippen molar-refractivity contribution < 1.29 is 0 Å². The molecule has 0 amide bonds. The molecule has 0 bridgehead atoms. The van der Waals surface area contributed by atoms with E-state index in [1.54, 1.807) is 11.1 Å². The van der Waals surface area contributed by atoms with Crippen molar-refractivity contribution in [3.8, 4) is 0 Å². The number of rotatable bonds is 2. The average Bonchev–Trinajstić information content (AvgIpc) is 3.36. The minimum atomic E-state index is 0.334. The SMILES string of the molecule is CC1(C)[C@@H]2C(c3ccccc3)=C[C@@H]3C(C)(C)[C@]3(c3ccccc3)[C@@H]21. The van der Waals surface area contributed by atoms with Crippen molar-refractivity contribution >= 4 is 5.57 Å². The van der Waals surface area contributed by atoms with Gasteiger partial charge in [0, 0.05) is 5.41 Å². The van der Waals surface area contributed by atoms with E-state index in [0.717, 1.165) is 5.92 Å². The monoisotopic (exact) mass is 314 g/mol. The maximum Gasteiger partial charge on any atom is 0.0118 e. The molecule has 0 unspecified atom stereocenters.